The molecule has 1 aliphatic rings. The molecular weight excluding hydrogens is 194 g/mol. The van der Waals surface area contributed by atoms with Gasteiger partial charge in [0.1, 0.15) is 5.76 Å². The van der Waals surface area contributed by atoms with E-state index >= 15 is 0 Å². The van der Waals surface area contributed by atoms with Crippen LogP contribution in [0.3, 0.4) is 0 Å². The van der Waals surface area contributed by atoms with Crippen molar-refractivity contribution in [1.29, 1.82) is 0 Å². The average molecular weight is 209 g/mol. The van der Waals surface area contributed by atoms with E-state index in [0.717, 1.165) is 18.6 Å². The summed E-state index contributed by atoms with van der Waals surface area (Å²) < 4.78 is 5.25. The number of furan rings is 1. The smallest absolute Gasteiger partial charge is 0.248 e. The number of hydrogen-bond donors (Lipinski definition) is 2. The van der Waals surface area contributed by atoms with Gasteiger partial charge in [-0.2, -0.15) is 0 Å². The third-order valence-corrected chi connectivity index (χ3v) is 2.51. The molecule has 1 amide bonds. The summed E-state index contributed by atoms with van der Waals surface area (Å²) in [6, 6.07) is 4.27. The summed E-state index contributed by atoms with van der Waals surface area (Å²) in [6.45, 7) is 1.01. The van der Waals surface area contributed by atoms with E-state index in [1.54, 1.807) is 6.26 Å². The quantitative estimate of drug-likeness (QED) is 0.414. The van der Waals surface area contributed by atoms with Crippen LogP contribution in [0.15, 0.2) is 22.8 Å². The van der Waals surface area contributed by atoms with Crippen LogP contribution < -0.4 is 11.3 Å². The minimum absolute atomic E-state index is 0.159. The van der Waals surface area contributed by atoms with Crippen LogP contribution in [0.5, 0.6) is 0 Å². The highest BCUT2D eigenvalue weighted by molar-refractivity contribution is 5.77. The third-order valence-electron chi connectivity index (χ3n) is 2.51. The van der Waals surface area contributed by atoms with Gasteiger partial charge in [0, 0.05) is 6.04 Å². The molecule has 5 heteroatoms. The molecule has 0 bridgehead atoms. The third kappa shape index (κ3) is 2.81. The molecule has 0 unspecified atom stereocenters. The van der Waals surface area contributed by atoms with Crippen molar-refractivity contribution in [2.75, 3.05) is 6.54 Å². The summed E-state index contributed by atoms with van der Waals surface area (Å²) in [4.78, 5) is 13.3. The van der Waals surface area contributed by atoms with Crippen molar-refractivity contribution in [2.24, 2.45) is 5.84 Å². The maximum atomic E-state index is 11.2. The van der Waals surface area contributed by atoms with Crippen molar-refractivity contribution in [2.45, 2.75) is 25.4 Å². The van der Waals surface area contributed by atoms with Crippen molar-refractivity contribution in [3.8, 4) is 0 Å². The Bertz CT molecular complexity index is 319. The SMILES string of the molecule is NNC(=O)CN(Cc1ccco1)C1CC1. The number of nitrogens with zero attached hydrogens (tertiary/aromatic N) is 1. The van der Waals surface area contributed by atoms with Gasteiger partial charge in [-0.05, 0) is 25.0 Å². The fourth-order valence-electron chi connectivity index (χ4n) is 1.59. The molecular formula is C10H15N3O2. The molecule has 1 heterocycles. The number of carbonyl (C=O) groups is 1. The summed E-state index contributed by atoms with van der Waals surface area (Å²) in [7, 11) is 0. The first-order valence-electron chi connectivity index (χ1n) is 5.05. The van der Waals surface area contributed by atoms with Gasteiger partial charge in [-0.3, -0.25) is 15.1 Å². The molecule has 1 saturated carbocycles. The standard InChI is InChI=1S/C10H15N3O2/c11-12-10(14)7-13(8-3-4-8)6-9-2-1-5-15-9/h1-2,5,8H,3-4,6-7,11H2,(H,12,14). The molecule has 5 nitrogen and oxygen atoms in total. The van der Waals surface area contributed by atoms with Crippen LogP contribution in [0.25, 0.3) is 0 Å². The molecule has 1 fully saturated rings. The molecule has 1 aliphatic carbocycles. The Hall–Kier alpha value is -1.33. The van der Waals surface area contributed by atoms with Gasteiger partial charge in [0.25, 0.3) is 0 Å². The molecule has 15 heavy (non-hydrogen) atoms. The number of carbonyl (C=O) groups excluding carboxylic acids is 1. The zero-order valence-electron chi connectivity index (χ0n) is 8.48. The highest BCUT2D eigenvalue weighted by Gasteiger charge is 2.30. The summed E-state index contributed by atoms with van der Waals surface area (Å²) in [5, 5.41) is 0. The number of hydrazine groups is 1. The van der Waals surface area contributed by atoms with E-state index in [1.807, 2.05) is 12.1 Å². The second-order valence-electron chi connectivity index (χ2n) is 3.78. The summed E-state index contributed by atoms with van der Waals surface area (Å²) in [5.74, 6) is 5.79. The van der Waals surface area contributed by atoms with E-state index in [2.05, 4.69) is 10.3 Å². The molecule has 0 radical (unpaired) electrons. The molecule has 1 aromatic rings. The van der Waals surface area contributed by atoms with E-state index in [9.17, 15) is 4.79 Å². The lowest BCUT2D eigenvalue weighted by atomic mass is 10.3. The Labute approximate surface area is 88.2 Å². The van der Waals surface area contributed by atoms with Gasteiger partial charge in [0.2, 0.25) is 5.91 Å². The fourth-order valence-corrected chi connectivity index (χ4v) is 1.59. The van der Waals surface area contributed by atoms with E-state index < -0.39 is 0 Å². The molecule has 0 atom stereocenters. The molecule has 0 saturated heterocycles. The Balaban J connectivity index is 1.91. The first kappa shape index (κ1) is 10.2. The van der Waals surface area contributed by atoms with Gasteiger partial charge in [0.05, 0.1) is 19.4 Å². The Morgan fingerprint density at radius 3 is 3.00 bits per heavy atom. The van der Waals surface area contributed by atoms with Crippen LogP contribution >= 0.6 is 0 Å². The lowest BCUT2D eigenvalue weighted by Gasteiger charge is -2.19. The van der Waals surface area contributed by atoms with Crippen molar-refractivity contribution in [3.05, 3.63) is 24.2 Å². The van der Waals surface area contributed by atoms with Crippen molar-refractivity contribution in [3.63, 3.8) is 0 Å². The Morgan fingerprint density at radius 1 is 1.67 bits per heavy atom. The normalized spacial score (nSPS) is 15.6. The van der Waals surface area contributed by atoms with Crippen LogP contribution in [-0.4, -0.2) is 23.4 Å². The van der Waals surface area contributed by atoms with Gasteiger partial charge in [-0.25, -0.2) is 5.84 Å². The van der Waals surface area contributed by atoms with Gasteiger partial charge in [0.15, 0.2) is 0 Å². The molecule has 3 N–H and O–H groups in total. The molecule has 2 rings (SSSR count). The fraction of sp³-hybridized carbons (Fsp3) is 0.500. The van der Waals surface area contributed by atoms with Gasteiger partial charge in [-0.1, -0.05) is 0 Å². The van der Waals surface area contributed by atoms with Crippen LogP contribution in [0.1, 0.15) is 18.6 Å². The van der Waals surface area contributed by atoms with Crippen molar-refractivity contribution >= 4 is 5.91 Å². The highest BCUT2D eigenvalue weighted by Crippen LogP contribution is 2.27. The molecule has 1 aromatic heterocycles. The van der Waals surface area contributed by atoms with Crippen LogP contribution in [-0.2, 0) is 11.3 Å². The van der Waals surface area contributed by atoms with Crippen LogP contribution in [0, 0.1) is 0 Å². The molecule has 0 aromatic carbocycles. The maximum absolute atomic E-state index is 11.2. The van der Waals surface area contributed by atoms with E-state index in [0.29, 0.717) is 19.1 Å². The minimum atomic E-state index is -0.159. The number of rotatable bonds is 5. The van der Waals surface area contributed by atoms with Crippen molar-refractivity contribution in [1.82, 2.24) is 10.3 Å². The number of amides is 1. The minimum Gasteiger partial charge on any atom is -0.468 e. The summed E-state index contributed by atoms with van der Waals surface area (Å²) in [5.41, 5.74) is 2.15. The first-order valence-corrected chi connectivity index (χ1v) is 5.05. The molecule has 0 spiro atoms. The number of hydrogen-bond acceptors (Lipinski definition) is 4. The van der Waals surface area contributed by atoms with Gasteiger partial charge >= 0.3 is 0 Å². The van der Waals surface area contributed by atoms with E-state index in [4.69, 9.17) is 10.3 Å². The monoisotopic (exact) mass is 209 g/mol. The molecule has 0 aliphatic heterocycles. The topological polar surface area (TPSA) is 71.5 Å². The molecule has 82 valence electrons. The summed E-state index contributed by atoms with van der Waals surface area (Å²) >= 11 is 0. The number of nitrogens with two attached hydrogens (primary N) is 1. The highest BCUT2D eigenvalue weighted by atomic mass is 16.3. The van der Waals surface area contributed by atoms with Crippen LogP contribution in [0.2, 0.25) is 0 Å². The van der Waals surface area contributed by atoms with Crippen LogP contribution in [0.4, 0.5) is 0 Å². The summed E-state index contributed by atoms with van der Waals surface area (Å²) in [6.07, 6.45) is 3.94. The zero-order valence-corrected chi connectivity index (χ0v) is 8.48. The first-order chi connectivity index (χ1) is 7.29. The Morgan fingerprint density at radius 2 is 2.47 bits per heavy atom. The predicted molar refractivity (Wildman–Crippen MR) is 54.5 cm³/mol. The second-order valence-corrected chi connectivity index (χ2v) is 3.78. The Kier molecular flexibility index (Phi) is 3.03. The second kappa shape index (κ2) is 4.46. The largest absolute Gasteiger partial charge is 0.468 e. The van der Waals surface area contributed by atoms with Crippen molar-refractivity contribution < 1.29 is 9.21 Å². The maximum Gasteiger partial charge on any atom is 0.248 e. The lowest BCUT2D eigenvalue weighted by Crippen LogP contribution is -2.41. The lowest BCUT2D eigenvalue weighted by molar-refractivity contribution is -0.122. The predicted octanol–water partition coefficient (Wildman–Crippen LogP) is 0.234. The van der Waals surface area contributed by atoms with E-state index in [-0.39, 0.29) is 5.91 Å². The zero-order chi connectivity index (χ0) is 10.7. The van der Waals surface area contributed by atoms with Gasteiger partial charge in [-0.15, -0.1) is 0 Å². The van der Waals surface area contributed by atoms with E-state index in [1.165, 1.54) is 0 Å². The van der Waals surface area contributed by atoms with Gasteiger partial charge < -0.3 is 4.42 Å². The number of nitrogens with one attached hydrogen (secondary N) is 1. The average Bonchev–Trinajstić information content (AvgIpc) is 2.97.